The topological polar surface area (TPSA) is 18.5 Å². The quantitative estimate of drug-likeness (QED) is 0.554. The molecule has 0 bridgehead atoms. The van der Waals surface area contributed by atoms with Crippen LogP contribution in [0.2, 0.25) is 5.02 Å². The maximum absolute atomic E-state index is 12.0. The van der Waals surface area contributed by atoms with Gasteiger partial charge >= 0.3 is 5.51 Å². The molecule has 0 fully saturated rings. The number of hydrogen-bond donors (Lipinski definition) is 0. The molecule has 0 saturated carbocycles. The summed E-state index contributed by atoms with van der Waals surface area (Å²) in [6.07, 6.45) is 0. The van der Waals surface area contributed by atoms with Crippen molar-refractivity contribution in [3.63, 3.8) is 0 Å². The standard InChI is InChI=1S/C11H11Cl2F3O2S/c1-17-9-5-8(13)4-7(6-12)10(9)18-2-3-19-11(14,15)16/h4-5H,2-3,6H2,1H3. The van der Waals surface area contributed by atoms with Gasteiger partial charge in [0.2, 0.25) is 0 Å². The van der Waals surface area contributed by atoms with Crippen molar-refractivity contribution >= 4 is 35.0 Å². The first-order valence-corrected chi connectivity index (χ1v) is 7.03. The van der Waals surface area contributed by atoms with Gasteiger partial charge in [0.05, 0.1) is 19.6 Å². The number of methoxy groups -OCH3 is 1. The molecule has 0 amide bonds. The van der Waals surface area contributed by atoms with E-state index in [1.165, 1.54) is 13.2 Å². The molecule has 1 aromatic carbocycles. The minimum absolute atomic E-state index is 0.105. The fourth-order valence-electron chi connectivity index (χ4n) is 1.34. The Kier molecular flexibility index (Phi) is 6.42. The minimum atomic E-state index is -4.26. The Bertz CT molecular complexity index is 402. The van der Waals surface area contributed by atoms with Crippen LogP contribution in [0.15, 0.2) is 12.1 Å². The zero-order chi connectivity index (χ0) is 14.5. The molecule has 1 aromatic rings. The van der Waals surface area contributed by atoms with Gasteiger partial charge in [0, 0.05) is 22.4 Å². The number of rotatable bonds is 6. The number of hydrogen-bond acceptors (Lipinski definition) is 3. The van der Waals surface area contributed by atoms with Crippen LogP contribution in [-0.2, 0) is 5.88 Å². The monoisotopic (exact) mass is 334 g/mol. The van der Waals surface area contributed by atoms with Crippen molar-refractivity contribution in [1.82, 2.24) is 0 Å². The van der Waals surface area contributed by atoms with Gasteiger partial charge in [0.1, 0.15) is 0 Å². The third kappa shape index (κ3) is 5.58. The summed E-state index contributed by atoms with van der Waals surface area (Å²) in [6, 6.07) is 3.10. The van der Waals surface area contributed by atoms with Gasteiger partial charge in [-0.3, -0.25) is 0 Å². The van der Waals surface area contributed by atoms with Crippen molar-refractivity contribution in [1.29, 1.82) is 0 Å². The van der Waals surface area contributed by atoms with Crippen LogP contribution in [0.25, 0.3) is 0 Å². The van der Waals surface area contributed by atoms with Crippen LogP contribution in [-0.4, -0.2) is 25.0 Å². The van der Waals surface area contributed by atoms with Crippen molar-refractivity contribution in [2.75, 3.05) is 19.5 Å². The molecule has 19 heavy (non-hydrogen) atoms. The van der Waals surface area contributed by atoms with Gasteiger partial charge < -0.3 is 9.47 Å². The largest absolute Gasteiger partial charge is 0.493 e. The van der Waals surface area contributed by atoms with E-state index in [0.29, 0.717) is 22.1 Å². The predicted molar refractivity (Wildman–Crippen MR) is 71.6 cm³/mol. The van der Waals surface area contributed by atoms with Crippen molar-refractivity contribution in [2.24, 2.45) is 0 Å². The second-order valence-electron chi connectivity index (χ2n) is 3.37. The molecular weight excluding hydrogens is 324 g/mol. The van der Waals surface area contributed by atoms with E-state index >= 15 is 0 Å². The Hall–Kier alpha value is -0.460. The summed E-state index contributed by atoms with van der Waals surface area (Å²) in [5.74, 6) is 0.584. The first-order valence-electron chi connectivity index (χ1n) is 5.13. The maximum Gasteiger partial charge on any atom is 0.441 e. The SMILES string of the molecule is COc1cc(Cl)cc(CCl)c1OCCSC(F)(F)F. The molecule has 0 aromatic heterocycles. The Balaban J connectivity index is 2.71. The van der Waals surface area contributed by atoms with E-state index < -0.39 is 5.51 Å². The molecule has 0 aliphatic carbocycles. The highest BCUT2D eigenvalue weighted by Crippen LogP contribution is 2.36. The molecule has 0 saturated heterocycles. The van der Waals surface area contributed by atoms with Gasteiger partial charge in [-0.05, 0) is 17.8 Å². The summed E-state index contributed by atoms with van der Waals surface area (Å²) < 4.78 is 46.3. The molecule has 0 N–H and O–H groups in total. The van der Waals surface area contributed by atoms with Crippen LogP contribution < -0.4 is 9.47 Å². The summed E-state index contributed by atoms with van der Waals surface area (Å²) in [5, 5.41) is 0.421. The second kappa shape index (κ2) is 7.36. The van der Waals surface area contributed by atoms with E-state index in [4.69, 9.17) is 32.7 Å². The second-order valence-corrected chi connectivity index (χ2v) is 5.24. The highest BCUT2D eigenvalue weighted by molar-refractivity contribution is 8.00. The molecule has 0 radical (unpaired) electrons. The van der Waals surface area contributed by atoms with E-state index in [2.05, 4.69) is 0 Å². The third-order valence-electron chi connectivity index (χ3n) is 2.06. The summed E-state index contributed by atoms with van der Waals surface area (Å²) in [5.41, 5.74) is -3.69. The molecule has 0 aliphatic heterocycles. The molecule has 0 atom stereocenters. The summed E-state index contributed by atoms with van der Waals surface area (Å²) in [4.78, 5) is 0. The Labute approximate surface area is 123 Å². The Morgan fingerprint density at radius 2 is 2.00 bits per heavy atom. The molecule has 0 unspecified atom stereocenters. The molecule has 0 aliphatic rings. The Morgan fingerprint density at radius 1 is 1.32 bits per heavy atom. The lowest BCUT2D eigenvalue weighted by Crippen LogP contribution is -2.08. The summed E-state index contributed by atoms with van der Waals surface area (Å²) >= 11 is 11.5. The van der Waals surface area contributed by atoms with Crippen molar-refractivity contribution in [2.45, 2.75) is 11.4 Å². The molecule has 8 heteroatoms. The Morgan fingerprint density at radius 3 is 2.53 bits per heavy atom. The van der Waals surface area contributed by atoms with Crippen LogP contribution in [0.5, 0.6) is 11.5 Å². The highest BCUT2D eigenvalue weighted by Gasteiger charge is 2.27. The van der Waals surface area contributed by atoms with Gasteiger partial charge in [-0.2, -0.15) is 13.2 Å². The van der Waals surface area contributed by atoms with Crippen molar-refractivity contribution < 1.29 is 22.6 Å². The highest BCUT2D eigenvalue weighted by atomic mass is 35.5. The van der Waals surface area contributed by atoms with Gasteiger partial charge in [-0.25, -0.2) is 0 Å². The average molecular weight is 335 g/mol. The molecule has 108 valence electrons. The number of thioether (sulfide) groups is 1. The zero-order valence-corrected chi connectivity index (χ0v) is 12.2. The number of halogens is 5. The van der Waals surface area contributed by atoms with Crippen LogP contribution in [0.1, 0.15) is 5.56 Å². The molecule has 2 nitrogen and oxygen atoms in total. The molecule has 0 heterocycles. The maximum atomic E-state index is 12.0. The van der Waals surface area contributed by atoms with Crippen molar-refractivity contribution in [3.8, 4) is 11.5 Å². The van der Waals surface area contributed by atoms with Crippen LogP contribution in [0.4, 0.5) is 13.2 Å². The van der Waals surface area contributed by atoms with E-state index in [9.17, 15) is 13.2 Å². The van der Waals surface area contributed by atoms with E-state index in [0.717, 1.165) is 0 Å². The van der Waals surface area contributed by atoms with Gasteiger partial charge in [0.25, 0.3) is 0 Å². The number of ether oxygens (including phenoxy) is 2. The summed E-state index contributed by atoms with van der Waals surface area (Å²) in [7, 11) is 1.42. The molecular formula is C11H11Cl2F3O2S. The number of benzene rings is 1. The van der Waals surface area contributed by atoms with Crippen molar-refractivity contribution in [3.05, 3.63) is 22.7 Å². The minimum Gasteiger partial charge on any atom is -0.493 e. The lowest BCUT2D eigenvalue weighted by molar-refractivity contribution is -0.0329. The zero-order valence-electron chi connectivity index (χ0n) is 9.89. The first-order chi connectivity index (χ1) is 8.87. The average Bonchev–Trinajstić information content (AvgIpc) is 2.33. The van der Waals surface area contributed by atoms with Gasteiger partial charge in [-0.15, -0.1) is 11.6 Å². The van der Waals surface area contributed by atoms with Crippen LogP contribution in [0, 0.1) is 0 Å². The first kappa shape index (κ1) is 16.6. The smallest absolute Gasteiger partial charge is 0.441 e. The van der Waals surface area contributed by atoms with Gasteiger partial charge in [-0.1, -0.05) is 11.6 Å². The van der Waals surface area contributed by atoms with Crippen LogP contribution in [0.3, 0.4) is 0 Å². The van der Waals surface area contributed by atoms with Gasteiger partial charge in [0.15, 0.2) is 11.5 Å². The molecule has 1 rings (SSSR count). The lowest BCUT2D eigenvalue weighted by atomic mass is 10.2. The predicted octanol–water partition coefficient (Wildman–Crippen LogP) is 4.72. The van der Waals surface area contributed by atoms with E-state index in [1.54, 1.807) is 6.07 Å². The third-order valence-corrected chi connectivity index (χ3v) is 3.26. The van der Waals surface area contributed by atoms with Crippen LogP contribution >= 0.6 is 35.0 Å². The fraction of sp³-hybridized carbons (Fsp3) is 0.455. The normalized spacial score (nSPS) is 11.5. The number of alkyl halides is 4. The lowest BCUT2D eigenvalue weighted by Gasteiger charge is -2.14. The molecule has 0 spiro atoms. The van der Waals surface area contributed by atoms with E-state index in [-0.39, 0.29) is 30.0 Å². The summed E-state index contributed by atoms with van der Waals surface area (Å²) in [6.45, 7) is -0.105. The van der Waals surface area contributed by atoms with E-state index in [1.807, 2.05) is 0 Å². The fourth-order valence-corrected chi connectivity index (χ4v) is 2.17.